The Kier molecular flexibility index (Phi) is 8.83. The van der Waals surface area contributed by atoms with Crippen molar-refractivity contribution < 1.29 is 38.4 Å². The molecule has 1 fully saturated rings. The molecule has 1 saturated heterocycles. The lowest BCUT2D eigenvalue weighted by molar-refractivity contribution is -0.137. The number of hydrogen-bond acceptors (Lipinski definition) is 8. The van der Waals surface area contributed by atoms with Crippen molar-refractivity contribution in [2.75, 3.05) is 6.61 Å². The number of phenols is 1. The molecule has 39 heavy (non-hydrogen) atoms. The molecule has 0 unspecified atom stereocenters. The van der Waals surface area contributed by atoms with Crippen molar-refractivity contribution in [3.05, 3.63) is 101 Å². The van der Waals surface area contributed by atoms with Crippen molar-refractivity contribution in [2.45, 2.75) is 33.2 Å². The number of amides is 1. The minimum absolute atomic E-state index is 0.0355. The van der Waals surface area contributed by atoms with Gasteiger partial charge in [-0.3, -0.25) is 4.79 Å². The van der Waals surface area contributed by atoms with Crippen molar-refractivity contribution in [1.29, 1.82) is 0 Å². The average Bonchev–Trinajstić information content (AvgIpc) is 2.92. The summed E-state index contributed by atoms with van der Waals surface area (Å²) >= 11 is 0. The van der Waals surface area contributed by atoms with E-state index in [9.17, 15) is 19.5 Å². The zero-order valence-corrected chi connectivity index (χ0v) is 21.6. The lowest BCUT2D eigenvalue weighted by Gasteiger charge is -2.33. The molecule has 1 aliphatic heterocycles. The van der Waals surface area contributed by atoms with Gasteiger partial charge < -0.3 is 29.4 Å². The second-order valence-corrected chi connectivity index (χ2v) is 8.80. The molecule has 4 rings (SSSR count). The van der Waals surface area contributed by atoms with Crippen LogP contribution in [0.5, 0.6) is 17.2 Å². The maximum atomic E-state index is 13.1. The number of aromatic hydroxyl groups is 1. The molecule has 1 amide bonds. The van der Waals surface area contributed by atoms with E-state index in [0.717, 1.165) is 11.1 Å². The van der Waals surface area contributed by atoms with Gasteiger partial charge in [0.15, 0.2) is 11.5 Å². The van der Waals surface area contributed by atoms with Gasteiger partial charge in [-0.25, -0.2) is 9.59 Å². The first-order valence-corrected chi connectivity index (χ1v) is 12.5. The molecule has 1 heterocycles. The molecule has 9 heteroatoms. The summed E-state index contributed by atoms with van der Waals surface area (Å²) in [5.74, 6) is -2.76. The zero-order chi connectivity index (χ0) is 27.8. The van der Waals surface area contributed by atoms with Gasteiger partial charge in [0.05, 0.1) is 12.2 Å². The maximum Gasteiger partial charge on any atom is 0.338 e. The summed E-state index contributed by atoms with van der Waals surface area (Å²) in [6, 6.07) is 21.4. The number of β-lactam (4-membered cyclic amide) rings is 1. The van der Waals surface area contributed by atoms with Crippen LogP contribution in [0.25, 0.3) is 0 Å². The molecule has 2 atom stereocenters. The predicted octanol–water partition coefficient (Wildman–Crippen LogP) is 4.29. The van der Waals surface area contributed by atoms with Gasteiger partial charge in [0, 0.05) is 11.8 Å². The van der Waals surface area contributed by atoms with Crippen LogP contribution in [0.2, 0.25) is 0 Å². The highest BCUT2D eigenvalue weighted by atomic mass is 16.5. The average molecular weight is 532 g/mol. The normalized spacial score (nSPS) is 16.0. The Balaban J connectivity index is 1.54. The van der Waals surface area contributed by atoms with Crippen LogP contribution in [0.1, 0.15) is 35.3 Å². The van der Waals surface area contributed by atoms with Gasteiger partial charge in [-0.05, 0) is 37.1 Å². The molecule has 0 saturated carbocycles. The molecular weight excluding hydrogens is 502 g/mol. The number of phenolic OH excluding ortho intramolecular Hbond substituents is 1. The zero-order valence-electron chi connectivity index (χ0n) is 21.6. The van der Waals surface area contributed by atoms with Gasteiger partial charge >= 0.3 is 11.9 Å². The minimum atomic E-state index is -0.886. The third-order valence-corrected chi connectivity index (χ3v) is 5.96. The van der Waals surface area contributed by atoms with Crippen LogP contribution in [-0.2, 0) is 32.3 Å². The number of ether oxygens (including phenoxy) is 4. The Bertz CT molecular complexity index is 1290. The van der Waals surface area contributed by atoms with Crippen molar-refractivity contribution in [3.63, 3.8) is 0 Å². The van der Waals surface area contributed by atoms with E-state index in [1.807, 2.05) is 60.7 Å². The van der Waals surface area contributed by atoms with Gasteiger partial charge in [0.2, 0.25) is 11.7 Å². The van der Waals surface area contributed by atoms with Gasteiger partial charge in [-0.2, -0.15) is 0 Å². The molecule has 202 valence electrons. The smallest absolute Gasteiger partial charge is 0.338 e. The Labute approximate surface area is 226 Å². The highest BCUT2D eigenvalue weighted by molar-refractivity contribution is 5.96. The Morgan fingerprint density at radius 2 is 1.49 bits per heavy atom. The second-order valence-electron chi connectivity index (χ2n) is 8.80. The summed E-state index contributed by atoms with van der Waals surface area (Å²) < 4.78 is 22.1. The summed E-state index contributed by atoms with van der Waals surface area (Å²) in [4.78, 5) is 37.1. The Morgan fingerprint density at radius 3 is 1.97 bits per heavy atom. The Morgan fingerprint density at radius 1 is 0.949 bits per heavy atom. The van der Waals surface area contributed by atoms with Gasteiger partial charge in [0.25, 0.3) is 0 Å². The summed E-state index contributed by atoms with van der Waals surface area (Å²) in [7, 11) is 0. The first-order valence-electron chi connectivity index (χ1n) is 12.5. The molecule has 0 bridgehead atoms. The third kappa shape index (κ3) is 6.95. The maximum absolute atomic E-state index is 13.1. The molecule has 0 spiro atoms. The number of carbonyl (C=O) groups excluding carboxylic acids is 3. The van der Waals surface area contributed by atoms with E-state index in [-0.39, 0.29) is 48.5 Å². The molecule has 3 aromatic rings. The first kappa shape index (κ1) is 27.3. The molecule has 0 aliphatic carbocycles. The number of esters is 2. The van der Waals surface area contributed by atoms with Crippen molar-refractivity contribution >= 4 is 17.8 Å². The van der Waals surface area contributed by atoms with Gasteiger partial charge in [-0.15, -0.1) is 0 Å². The van der Waals surface area contributed by atoms with Crippen LogP contribution in [0.4, 0.5) is 0 Å². The number of carbonyl (C=O) groups is 3. The summed E-state index contributed by atoms with van der Waals surface area (Å²) in [5, 5.41) is 13.4. The fraction of sp³-hybridized carbons (Fsp3) is 0.233. The topological polar surface area (TPSA) is 120 Å². The lowest BCUT2D eigenvalue weighted by atomic mass is 9.90. The molecular formula is C30H29NO8. The van der Waals surface area contributed by atoms with Crippen LogP contribution in [0, 0.1) is 5.92 Å². The summed E-state index contributed by atoms with van der Waals surface area (Å²) in [6.07, 6.45) is 0.286. The summed E-state index contributed by atoms with van der Waals surface area (Å²) in [6.45, 7) is 3.71. The van der Waals surface area contributed by atoms with Crippen molar-refractivity contribution in [1.82, 2.24) is 5.32 Å². The number of hydrogen-bond donors (Lipinski definition) is 2. The second kappa shape index (κ2) is 12.6. The van der Waals surface area contributed by atoms with Crippen molar-refractivity contribution in [3.8, 4) is 17.2 Å². The Hall–Kier alpha value is -4.79. The van der Waals surface area contributed by atoms with Crippen LogP contribution in [0.3, 0.4) is 0 Å². The van der Waals surface area contributed by atoms with E-state index in [0.29, 0.717) is 5.70 Å². The first-order chi connectivity index (χ1) is 18.9. The molecule has 3 aromatic carbocycles. The third-order valence-electron chi connectivity index (χ3n) is 5.96. The van der Waals surface area contributed by atoms with Crippen molar-refractivity contribution in [2.24, 2.45) is 5.92 Å². The van der Waals surface area contributed by atoms with E-state index in [1.54, 1.807) is 13.8 Å². The highest BCUT2D eigenvalue weighted by Crippen LogP contribution is 2.39. The van der Waals surface area contributed by atoms with Crippen LogP contribution in [0.15, 0.2) is 84.6 Å². The number of rotatable bonds is 11. The van der Waals surface area contributed by atoms with Gasteiger partial charge in [-0.1, -0.05) is 60.7 Å². The standard InChI is InChI=1S/C30H29NO8/c1-3-36-26(32)16-23-27(29(34)31-23)19(2)39-30(35)22-14-24(37-17-20-10-6-4-7-11-20)28(33)25(15-22)38-18-21-12-8-5-9-13-21/h4-16,19,27,33H,3,17-18H2,1-2H3,(H,31,34)/b23-16+/t19-,27-/m1/s1. The van der Waals surface area contributed by atoms with Crippen LogP contribution < -0.4 is 14.8 Å². The molecule has 2 N–H and O–H groups in total. The van der Waals surface area contributed by atoms with E-state index in [4.69, 9.17) is 18.9 Å². The highest BCUT2D eigenvalue weighted by Gasteiger charge is 2.41. The SMILES string of the molecule is CCOC(=O)/C=C1/NC(=O)[C@@H]1[C@@H](C)OC(=O)c1cc(OCc2ccccc2)c(O)c(OCc2ccccc2)c1. The quantitative estimate of drug-likeness (QED) is 0.214. The number of benzene rings is 3. The minimum Gasteiger partial charge on any atom is -0.502 e. The van der Waals surface area contributed by atoms with Crippen LogP contribution >= 0.6 is 0 Å². The predicted molar refractivity (Wildman–Crippen MR) is 141 cm³/mol. The van der Waals surface area contributed by atoms with E-state index in [1.165, 1.54) is 18.2 Å². The van der Waals surface area contributed by atoms with E-state index >= 15 is 0 Å². The monoisotopic (exact) mass is 531 g/mol. The largest absolute Gasteiger partial charge is 0.502 e. The number of nitrogens with one attached hydrogen (secondary N) is 1. The molecule has 0 aromatic heterocycles. The molecule has 1 aliphatic rings. The molecule has 0 radical (unpaired) electrons. The van der Waals surface area contributed by atoms with Gasteiger partial charge in [0.1, 0.15) is 25.2 Å². The van der Waals surface area contributed by atoms with E-state index < -0.39 is 24.0 Å². The fourth-order valence-corrected chi connectivity index (χ4v) is 3.96. The fourth-order valence-electron chi connectivity index (χ4n) is 3.96. The van der Waals surface area contributed by atoms with Crippen LogP contribution in [-0.4, -0.2) is 35.7 Å². The molecule has 9 nitrogen and oxygen atoms in total. The van der Waals surface area contributed by atoms with E-state index in [2.05, 4.69) is 5.32 Å². The lowest BCUT2D eigenvalue weighted by Crippen LogP contribution is -2.52. The summed E-state index contributed by atoms with van der Waals surface area (Å²) in [5.41, 5.74) is 2.09.